The van der Waals surface area contributed by atoms with Gasteiger partial charge in [-0.15, -0.1) is 0 Å². The van der Waals surface area contributed by atoms with Gasteiger partial charge in [0, 0.05) is 12.6 Å². The van der Waals surface area contributed by atoms with Crippen LogP contribution in [0.25, 0.3) is 0 Å². The maximum absolute atomic E-state index is 12.1. The van der Waals surface area contributed by atoms with Crippen LogP contribution < -0.4 is 15.4 Å². The van der Waals surface area contributed by atoms with Crippen molar-refractivity contribution in [3.05, 3.63) is 41.9 Å². The number of ether oxygens (including phenoxy) is 1. The quantitative estimate of drug-likeness (QED) is 0.906. The predicted octanol–water partition coefficient (Wildman–Crippen LogP) is 2.81. The summed E-state index contributed by atoms with van der Waals surface area (Å²) in [4.78, 5) is 23.2. The Morgan fingerprint density at radius 1 is 1.14 bits per heavy atom. The van der Waals surface area contributed by atoms with E-state index in [0.29, 0.717) is 22.9 Å². The van der Waals surface area contributed by atoms with Crippen LogP contribution in [0, 0.1) is 6.92 Å². The van der Waals surface area contributed by atoms with E-state index in [4.69, 9.17) is 9.15 Å². The molecule has 110 valence electrons. The highest BCUT2D eigenvalue weighted by Gasteiger charge is 2.13. The van der Waals surface area contributed by atoms with E-state index in [1.807, 2.05) is 0 Å². The Bertz CT molecular complexity index is 676. The number of nitrogens with one attached hydrogen (secondary N) is 2. The van der Waals surface area contributed by atoms with Crippen molar-refractivity contribution >= 4 is 23.2 Å². The van der Waals surface area contributed by atoms with E-state index in [1.54, 1.807) is 37.3 Å². The number of hydrogen-bond acceptors (Lipinski definition) is 4. The van der Waals surface area contributed by atoms with Crippen molar-refractivity contribution in [2.24, 2.45) is 0 Å². The van der Waals surface area contributed by atoms with Gasteiger partial charge in [-0.05, 0) is 37.3 Å². The van der Waals surface area contributed by atoms with Gasteiger partial charge in [-0.3, -0.25) is 9.59 Å². The van der Waals surface area contributed by atoms with Crippen LogP contribution in [0.1, 0.15) is 23.2 Å². The average Bonchev–Trinajstić information content (AvgIpc) is 2.85. The van der Waals surface area contributed by atoms with Crippen LogP contribution >= 0.6 is 0 Å². The van der Waals surface area contributed by atoms with Crippen LogP contribution in [-0.4, -0.2) is 18.9 Å². The third kappa shape index (κ3) is 3.62. The molecule has 0 spiro atoms. The Hall–Kier alpha value is -2.76. The number of aryl methyl sites for hydroxylation is 1. The lowest BCUT2D eigenvalue weighted by molar-refractivity contribution is -0.114. The Labute approximate surface area is 122 Å². The Morgan fingerprint density at radius 3 is 2.48 bits per heavy atom. The second-order valence-electron chi connectivity index (χ2n) is 4.46. The number of carbonyl (C=O) groups excluding carboxylic acids is 2. The molecule has 0 unspecified atom stereocenters. The van der Waals surface area contributed by atoms with E-state index in [0.717, 1.165) is 0 Å². The van der Waals surface area contributed by atoms with Crippen molar-refractivity contribution in [1.29, 1.82) is 0 Å². The fraction of sp³-hybridized carbons (Fsp3) is 0.200. The lowest BCUT2D eigenvalue weighted by atomic mass is 10.2. The van der Waals surface area contributed by atoms with Gasteiger partial charge in [0.1, 0.15) is 11.5 Å². The Morgan fingerprint density at radius 2 is 1.90 bits per heavy atom. The standard InChI is InChI=1S/C15H16N2O4/c1-9-4-6-14(21-9)15(19)17-12-8-11(16-10(2)18)5-7-13(12)20-3/h4-8H,1-3H3,(H,16,18)(H,17,19). The van der Waals surface area contributed by atoms with E-state index in [-0.39, 0.29) is 17.6 Å². The van der Waals surface area contributed by atoms with Gasteiger partial charge in [0.05, 0.1) is 12.8 Å². The zero-order valence-corrected chi connectivity index (χ0v) is 12.0. The molecule has 21 heavy (non-hydrogen) atoms. The van der Waals surface area contributed by atoms with Gasteiger partial charge in [-0.2, -0.15) is 0 Å². The normalized spacial score (nSPS) is 10.0. The van der Waals surface area contributed by atoms with E-state index < -0.39 is 0 Å². The van der Waals surface area contributed by atoms with Crippen molar-refractivity contribution in [2.45, 2.75) is 13.8 Å². The summed E-state index contributed by atoms with van der Waals surface area (Å²) in [7, 11) is 1.50. The molecule has 0 aliphatic heterocycles. The minimum absolute atomic E-state index is 0.195. The first-order valence-corrected chi connectivity index (χ1v) is 6.33. The van der Waals surface area contributed by atoms with Crippen LogP contribution in [0.2, 0.25) is 0 Å². The van der Waals surface area contributed by atoms with Crippen LogP contribution in [0.3, 0.4) is 0 Å². The number of carbonyl (C=O) groups is 2. The fourth-order valence-corrected chi connectivity index (χ4v) is 1.83. The second-order valence-corrected chi connectivity index (χ2v) is 4.46. The molecule has 2 N–H and O–H groups in total. The van der Waals surface area contributed by atoms with E-state index in [9.17, 15) is 9.59 Å². The van der Waals surface area contributed by atoms with Crippen molar-refractivity contribution in [3.8, 4) is 5.75 Å². The number of rotatable bonds is 4. The van der Waals surface area contributed by atoms with Crippen LogP contribution in [-0.2, 0) is 4.79 Å². The van der Waals surface area contributed by atoms with E-state index in [1.165, 1.54) is 14.0 Å². The summed E-state index contributed by atoms with van der Waals surface area (Å²) < 4.78 is 10.5. The highest BCUT2D eigenvalue weighted by Crippen LogP contribution is 2.28. The van der Waals surface area contributed by atoms with Crippen LogP contribution in [0.5, 0.6) is 5.75 Å². The van der Waals surface area contributed by atoms with Gasteiger partial charge >= 0.3 is 0 Å². The first-order valence-electron chi connectivity index (χ1n) is 6.33. The average molecular weight is 288 g/mol. The molecule has 0 atom stereocenters. The third-order valence-corrected chi connectivity index (χ3v) is 2.73. The molecule has 1 aromatic carbocycles. The van der Waals surface area contributed by atoms with E-state index >= 15 is 0 Å². The number of benzene rings is 1. The lowest BCUT2D eigenvalue weighted by Gasteiger charge is -2.11. The van der Waals surface area contributed by atoms with Gasteiger partial charge in [-0.1, -0.05) is 0 Å². The molecule has 0 bridgehead atoms. The van der Waals surface area contributed by atoms with Crippen LogP contribution in [0.15, 0.2) is 34.7 Å². The maximum atomic E-state index is 12.1. The molecule has 6 heteroatoms. The SMILES string of the molecule is COc1ccc(NC(C)=O)cc1NC(=O)c1ccc(C)o1. The summed E-state index contributed by atoms with van der Waals surface area (Å²) in [6.45, 7) is 3.17. The number of methoxy groups -OCH3 is 1. The monoisotopic (exact) mass is 288 g/mol. The van der Waals surface area contributed by atoms with Gasteiger partial charge < -0.3 is 19.8 Å². The molecule has 2 amide bonds. The Kier molecular flexibility index (Phi) is 4.27. The minimum atomic E-state index is -0.388. The summed E-state index contributed by atoms with van der Waals surface area (Å²) in [5.41, 5.74) is 1.01. The fourth-order valence-electron chi connectivity index (χ4n) is 1.83. The second kappa shape index (κ2) is 6.13. The first kappa shape index (κ1) is 14.6. The summed E-state index contributed by atoms with van der Waals surface area (Å²) in [6.07, 6.45) is 0. The number of furan rings is 1. The van der Waals surface area contributed by atoms with Crippen molar-refractivity contribution in [2.75, 3.05) is 17.7 Å². The molecule has 0 aliphatic rings. The van der Waals surface area contributed by atoms with Gasteiger partial charge in [-0.25, -0.2) is 0 Å². The Balaban J connectivity index is 2.24. The molecule has 1 heterocycles. The summed E-state index contributed by atoms with van der Waals surface area (Å²) in [6, 6.07) is 8.27. The predicted molar refractivity (Wildman–Crippen MR) is 78.7 cm³/mol. The molecule has 0 saturated heterocycles. The van der Waals surface area contributed by atoms with Crippen molar-refractivity contribution in [3.63, 3.8) is 0 Å². The third-order valence-electron chi connectivity index (χ3n) is 2.73. The minimum Gasteiger partial charge on any atom is -0.495 e. The van der Waals surface area contributed by atoms with Crippen LogP contribution in [0.4, 0.5) is 11.4 Å². The smallest absolute Gasteiger partial charge is 0.291 e. The number of hydrogen-bond donors (Lipinski definition) is 2. The molecule has 2 aromatic rings. The molecular formula is C15H16N2O4. The molecule has 2 rings (SSSR count). The molecule has 0 radical (unpaired) electrons. The lowest BCUT2D eigenvalue weighted by Crippen LogP contribution is -2.12. The van der Waals surface area contributed by atoms with Gasteiger partial charge in [0.25, 0.3) is 5.91 Å². The van der Waals surface area contributed by atoms with Crippen molar-refractivity contribution < 1.29 is 18.7 Å². The molecule has 1 aromatic heterocycles. The highest BCUT2D eigenvalue weighted by molar-refractivity contribution is 6.03. The number of amides is 2. The molecule has 6 nitrogen and oxygen atoms in total. The molecular weight excluding hydrogens is 272 g/mol. The molecule has 0 saturated carbocycles. The molecule has 0 fully saturated rings. The summed E-state index contributed by atoms with van der Waals surface area (Å²) >= 11 is 0. The molecule has 0 aliphatic carbocycles. The zero-order valence-electron chi connectivity index (χ0n) is 12.0. The topological polar surface area (TPSA) is 80.6 Å². The van der Waals surface area contributed by atoms with Crippen molar-refractivity contribution in [1.82, 2.24) is 0 Å². The highest BCUT2D eigenvalue weighted by atomic mass is 16.5. The van der Waals surface area contributed by atoms with Gasteiger partial charge in [0.15, 0.2) is 5.76 Å². The zero-order chi connectivity index (χ0) is 15.4. The summed E-state index contributed by atoms with van der Waals surface area (Å²) in [5.74, 6) is 0.764. The largest absolute Gasteiger partial charge is 0.495 e. The maximum Gasteiger partial charge on any atom is 0.291 e. The van der Waals surface area contributed by atoms with E-state index in [2.05, 4.69) is 10.6 Å². The summed E-state index contributed by atoms with van der Waals surface area (Å²) in [5, 5.41) is 5.34. The number of anilines is 2. The first-order chi connectivity index (χ1) is 9.99. The van der Waals surface area contributed by atoms with Gasteiger partial charge in [0.2, 0.25) is 5.91 Å².